The van der Waals surface area contributed by atoms with Crippen LogP contribution < -0.4 is 14.2 Å². The molecule has 2 rings (SSSR count). The SMILES string of the molecule is CCC(C)(C)c1ccc(S(=O)(=O)Nc2cc(OC)c(OC)cc2C(=O)OC)cc1. The average Bonchev–Trinajstić information content (AvgIpc) is 2.72. The van der Waals surface area contributed by atoms with Crippen LogP contribution in [0.3, 0.4) is 0 Å². The topological polar surface area (TPSA) is 90.9 Å². The second-order valence-electron chi connectivity index (χ2n) is 7.11. The summed E-state index contributed by atoms with van der Waals surface area (Å²) in [5.74, 6) is -0.149. The van der Waals surface area contributed by atoms with Crippen LogP contribution in [-0.2, 0) is 20.2 Å². The van der Waals surface area contributed by atoms with Crippen LogP contribution >= 0.6 is 0 Å². The fraction of sp³-hybridized carbons (Fsp3) is 0.381. The number of sulfonamides is 1. The number of hydrogen-bond acceptors (Lipinski definition) is 6. The predicted octanol–water partition coefficient (Wildman–Crippen LogP) is 3.98. The number of rotatable bonds is 8. The van der Waals surface area contributed by atoms with Crippen LogP contribution in [-0.4, -0.2) is 35.7 Å². The van der Waals surface area contributed by atoms with Crippen molar-refractivity contribution in [2.45, 2.75) is 37.5 Å². The van der Waals surface area contributed by atoms with Crippen LogP contribution in [0.5, 0.6) is 11.5 Å². The van der Waals surface area contributed by atoms with Crippen molar-refractivity contribution < 1.29 is 27.4 Å². The van der Waals surface area contributed by atoms with Gasteiger partial charge in [-0.05, 0) is 29.5 Å². The molecule has 1 N–H and O–H groups in total. The molecule has 29 heavy (non-hydrogen) atoms. The summed E-state index contributed by atoms with van der Waals surface area (Å²) in [5.41, 5.74) is 1.03. The molecule has 0 spiro atoms. The standard InChI is InChI=1S/C21H27NO6S/c1-7-21(2,3)14-8-10-15(11-9-14)29(24,25)22-17-13-19(27-5)18(26-4)12-16(17)20(23)28-6/h8-13,22H,7H2,1-6H3. The van der Waals surface area contributed by atoms with E-state index in [0.717, 1.165) is 12.0 Å². The van der Waals surface area contributed by atoms with Crippen molar-refractivity contribution in [1.82, 2.24) is 0 Å². The van der Waals surface area contributed by atoms with Gasteiger partial charge in [0, 0.05) is 12.1 Å². The number of nitrogens with one attached hydrogen (secondary N) is 1. The Morgan fingerprint density at radius 3 is 2.03 bits per heavy atom. The Hall–Kier alpha value is -2.74. The van der Waals surface area contributed by atoms with E-state index in [9.17, 15) is 13.2 Å². The summed E-state index contributed by atoms with van der Waals surface area (Å²) in [4.78, 5) is 12.2. The van der Waals surface area contributed by atoms with E-state index in [0.29, 0.717) is 0 Å². The van der Waals surface area contributed by atoms with Gasteiger partial charge >= 0.3 is 5.97 Å². The Morgan fingerprint density at radius 1 is 1.00 bits per heavy atom. The summed E-state index contributed by atoms with van der Waals surface area (Å²) >= 11 is 0. The van der Waals surface area contributed by atoms with E-state index >= 15 is 0 Å². The molecule has 0 atom stereocenters. The number of hydrogen-bond donors (Lipinski definition) is 1. The Kier molecular flexibility index (Phi) is 6.79. The lowest BCUT2D eigenvalue weighted by atomic mass is 9.82. The molecule has 0 aliphatic carbocycles. The fourth-order valence-electron chi connectivity index (χ4n) is 2.74. The molecule has 7 nitrogen and oxygen atoms in total. The summed E-state index contributed by atoms with van der Waals surface area (Å²) in [7, 11) is 0.106. The van der Waals surface area contributed by atoms with Crippen LogP contribution in [0.1, 0.15) is 43.1 Å². The lowest BCUT2D eigenvalue weighted by Gasteiger charge is -2.23. The van der Waals surface area contributed by atoms with Gasteiger partial charge in [0.05, 0.1) is 37.5 Å². The molecular formula is C21H27NO6S. The molecular weight excluding hydrogens is 394 g/mol. The average molecular weight is 422 g/mol. The van der Waals surface area contributed by atoms with Crippen molar-refractivity contribution >= 4 is 21.7 Å². The molecule has 158 valence electrons. The maximum Gasteiger partial charge on any atom is 0.340 e. The first-order valence-corrected chi connectivity index (χ1v) is 10.6. The highest BCUT2D eigenvalue weighted by Gasteiger charge is 2.24. The molecule has 2 aromatic carbocycles. The van der Waals surface area contributed by atoms with Gasteiger partial charge in [0.25, 0.3) is 10.0 Å². The first-order valence-electron chi connectivity index (χ1n) is 9.07. The second-order valence-corrected chi connectivity index (χ2v) is 8.79. The second kappa shape index (κ2) is 8.73. The van der Waals surface area contributed by atoms with Crippen molar-refractivity contribution in [3.8, 4) is 11.5 Å². The van der Waals surface area contributed by atoms with E-state index in [2.05, 4.69) is 25.5 Å². The first kappa shape index (κ1) is 22.5. The van der Waals surface area contributed by atoms with Crippen LogP contribution in [0.25, 0.3) is 0 Å². The summed E-state index contributed by atoms with van der Waals surface area (Å²) in [6, 6.07) is 9.45. The van der Waals surface area contributed by atoms with Gasteiger partial charge in [-0.25, -0.2) is 13.2 Å². The molecule has 0 aliphatic heterocycles. The lowest BCUT2D eigenvalue weighted by Crippen LogP contribution is -2.18. The summed E-state index contributed by atoms with van der Waals surface area (Å²) in [6.45, 7) is 6.28. The van der Waals surface area contributed by atoms with Crippen molar-refractivity contribution in [1.29, 1.82) is 0 Å². The molecule has 2 aromatic rings. The van der Waals surface area contributed by atoms with E-state index in [4.69, 9.17) is 14.2 Å². The molecule has 0 amide bonds. The summed E-state index contributed by atoms with van der Waals surface area (Å²) < 4.78 is 43.5. The number of benzene rings is 2. The van der Waals surface area contributed by atoms with Gasteiger partial charge in [-0.15, -0.1) is 0 Å². The van der Waals surface area contributed by atoms with Gasteiger partial charge in [0.1, 0.15) is 0 Å². The molecule has 0 bridgehead atoms. The zero-order chi connectivity index (χ0) is 21.8. The molecule has 0 radical (unpaired) electrons. The molecule has 0 unspecified atom stereocenters. The monoisotopic (exact) mass is 421 g/mol. The van der Waals surface area contributed by atoms with Crippen molar-refractivity contribution in [3.05, 3.63) is 47.5 Å². The molecule has 0 saturated heterocycles. The highest BCUT2D eigenvalue weighted by atomic mass is 32.2. The third-order valence-electron chi connectivity index (χ3n) is 5.00. The van der Waals surface area contributed by atoms with E-state index in [-0.39, 0.29) is 33.1 Å². The van der Waals surface area contributed by atoms with Crippen molar-refractivity contribution in [3.63, 3.8) is 0 Å². The molecule has 0 heterocycles. The largest absolute Gasteiger partial charge is 0.493 e. The zero-order valence-electron chi connectivity index (χ0n) is 17.5. The maximum absolute atomic E-state index is 12.9. The number of methoxy groups -OCH3 is 3. The normalized spacial score (nSPS) is 11.7. The van der Waals surface area contributed by atoms with Crippen molar-refractivity contribution in [2.24, 2.45) is 0 Å². The Bertz CT molecular complexity index is 981. The van der Waals surface area contributed by atoms with Crippen molar-refractivity contribution in [2.75, 3.05) is 26.1 Å². The minimum absolute atomic E-state index is 0.0115. The third kappa shape index (κ3) is 4.82. The van der Waals surface area contributed by atoms with Gasteiger partial charge in [-0.1, -0.05) is 32.9 Å². The van der Waals surface area contributed by atoms with Gasteiger partial charge in [0.15, 0.2) is 11.5 Å². The van der Waals surface area contributed by atoms with Crippen LogP contribution in [0.15, 0.2) is 41.3 Å². The molecule has 8 heteroatoms. The highest BCUT2D eigenvalue weighted by Crippen LogP contribution is 2.35. The van der Waals surface area contributed by atoms with E-state index in [1.165, 1.54) is 33.5 Å². The van der Waals surface area contributed by atoms with Gasteiger partial charge in [0.2, 0.25) is 0 Å². The molecule has 0 saturated carbocycles. The predicted molar refractivity (Wildman–Crippen MR) is 111 cm³/mol. The Labute approximate surface area is 172 Å². The molecule has 0 aliphatic rings. The van der Waals surface area contributed by atoms with E-state index < -0.39 is 16.0 Å². The smallest absolute Gasteiger partial charge is 0.340 e. The number of carbonyl (C=O) groups excluding carboxylic acids is 1. The minimum atomic E-state index is -3.95. The van der Waals surface area contributed by atoms with Crippen LogP contribution in [0.4, 0.5) is 5.69 Å². The fourth-order valence-corrected chi connectivity index (χ4v) is 3.81. The number of ether oxygens (including phenoxy) is 3. The van der Waals surface area contributed by atoms with Gasteiger partial charge in [-0.2, -0.15) is 0 Å². The van der Waals surface area contributed by atoms with Gasteiger partial charge < -0.3 is 14.2 Å². The maximum atomic E-state index is 12.9. The third-order valence-corrected chi connectivity index (χ3v) is 6.38. The summed E-state index contributed by atoms with van der Waals surface area (Å²) in [6.07, 6.45) is 0.922. The number of anilines is 1. The van der Waals surface area contributed by atoms with Crippen LogP contribution in [0.2, 0.25) is 0 Å². The number of esters is 1. The zero-order valence-corrected chi connectivity index (χ0v) is 18.3. The number of carbonyl (C=O) groups is 1. The van der Waals surface area contributed by atoms with Gasteiger partial charge in [-0.3, -0.25) is 4.72 Å². The highest BCUT2D eigenvalue weighted by molar-refractivity contribution is 7.92. The summed E-state index contributed by atoms with van der Waals surface area (Å²) in [5, 5.41) is 0. The molecule has 0 aromatic heterocycles. The quantitative estimate of drug-likeness (QED) is 0.649. The Balaban J connectivity index is 2.47. The van der Waals surface area contributed by atoms with E-state index in [1.807, 2.05) is 0 Å². The lowest BCUT2D eigenvalue weighted by molar-refractivity contribution is 0.0601. The first-order chi connectivity index (χ1) is 13.6. The minimum Gasteiger partial charge on any atom is -0.493 e. The molecule has 0 fully saturated rings. The van der Waals surface area contributed by atoms with E-state index in [1.54, 1.807) is 24.3 Å². The Morgan fingerprint density at radius 2 is 1.55 bits per heavy atom. The van der Waals surface area contributed by atoms with Crippen LogP contribution in [0, 0.1) is 0 Å².